The number of aliphatic hydroxyl groups excluding tert-OH is 1. The zero-order chi connectivity index (χ0) is 51.5. The van der Waals surface area contributed by atoms with Crippen molar-refractivity contribution in [2.24, 2.45) is 0 Å². The van der Waals surface area contributed by atoms with Gasteiger partial charge >= 0.3 is 5.97 Å². The zero-order valence-electron chi connectivity index (χ0n) is 40.2. The lowest BCUT2D eigenvalue weighted by atomic mass is 9.75. The summed E-state index contributed by atoms with van der Waals surface area (Å²) in [5.74, 6) is -0.959. The molecule has 2 unspecified atom stereocenters. The van der Waals surface area contributed by atoms with Gasteiger partial charge in [-0.1, -0.05) is 48.6 Å². The quantitative estimate of drug-likeness (QED) is 0.0578. The molecule has 0 bridgehead atoms. The Labute approximate surface area is 415 Å². The Balaban J connectivity index is 1.34. The van der Waals surface area contributed by atoms with Crippen molar-refractivity contribution >= 4 is 76.2 Å². The highest BCUT2D eigenvalue weighted by Gasteiger charge is 2.48. The third-order valence-corrected chi connectivity index (χ3v) is 16.1. The van der Waals surface area contributed by atoms with Crippen molar-refractivity contribution in [3.8, 4) is 5.75 Å². The van der Waals surface area contributed by atoms with Crippen LogP contribution >= 0.6 is 0 Å². The Morgan fingerprint density at radius 2 is 1.69 bits per heavy atom. The highest BCUT2D eigenvalue weighted by molar-refractivity contribution is 7.86. The Bertz CT molecular complexity index is 3070. The van der Waals surface area contributed by atoms with Crippen LogP contribution < -0.4 is 9.64 Å². The standard InChI is InChI=1S/C50H59N3O15S3/c1-49(2)33-36(22-26-65-4)38-31-39-35(29-43(34-13-7-6-8-14-34)67-44(39)32-42(38)52(49)25-12-28-70(60,61)66-5)15-9-16-45-50(3,23-10-17-48(56)68-53-46(54)20-21-47(53)55)40-30-37(71(62,63)64)18-19-41(40)51(45)24-11-27-69(57,58)59/h6-9,13-16,18-19,29-33,46,54H,10-12,17,20-28H2,1-5H3,(H-,57,58,59,62,63,64)/p+1. The molecule has 0 radical (unpaired) electrons. The van der Waals surface area contributed by atoms with E-state index < -0.39 is 65.2 Å². The van der Waals surface area contributed by atoms with Gasteiger partial charge in [0.25, 0.3) is 36.3 Å². The molecule has 4 aliphatic rings. The number of methoxy groups -OCH3 is 1. The molecule has 7 rings (SSSR count). The number of allylic oxidation sites excluding steroid dienone is 5. The average molecular weight is 1040 g/mol. The Hall–Kier alpha value is -5.52. The minimum atomic E-state index is -4.69. The molecule has 71 heavy (non-hydrogen) atoms. The van der Waals surface area contributed by atoms with E-state index in [4.69, 9.17) is 18.5 Å². The van der Waals surface area contributed by atoms with Crippen LogP contribution in [-0.2, 0) is 59.1 Å². The second kappa shape index (κ2) is 21.3. The summed E-state index contributed by atoms with van der Waals surface area (Å²) in [7, 11) is -9.99. The molecule has 0 spiro atoms. The number of fused-ring (bicyclic) bond motifs is 3. The Morgan fingerprint density at radius 1 is 0.944 bits per heavy atom. The van der Waals surface area contributed by atoms with E-state index in [9.17, 15) is 49.1 Å². The summed E-state index contributed by atoms with van der Waals surface area (Å²) in [4.78, 5) is 32.3. The SMILES string of the molecule is COCCC1=CC(C)(C)N(CCCS(=O)(=O)OC)c2cc3c(cc21)C(=CC=CC1=[N+](CCCS(=O)(=O)O)c2ccc(S(=O)(=O)O)cc2C1(C)CCCC(=O)ON1C(=O)CCC1O)C=C(c1ccccc1)O3. The van der Waals surface area contributed by atoms with E-state index >= 15 is 0 Å². The molecule has 3 aromatic carbocycles. The molecule has 21 heteroatoms. The van der Waals surface area contributed by atoms with Gasteiger partial charge in [-0.05, 0) is 81.9 Å². The molecule has 1 amide bonds. The molecule has 1 fully saturated rings. The maximum atomic E-state index is 13.0. The fourth-order valence-electron chi connectivity index (χ4n) is 9.66. The van der Waals surface area contributed by atoms with Crippen molar-refractivity contribution in [3.05, 3.63) is 113 Å². The van der Waals surface area contributed by atoms with Gasteiger partial charge in [-0.15, -0.1) is 5.06 Å². The van der Waals surface area contributed by atoms with E-state index in [2.05, 4.69) is 24.8 Å². The first-order valence-corrected chi connectivity index (χ1v) is 27.8. The maximum Gasteiger partial charge on any atom is 0.332 e. The van der Waals surface area contributed by atoms with Crippen LogP contribution in [0.15, 0.2) is 95.9 Å². The molecule has 0 aromatic heterocycles. The molecule has 3 N–H and O–H groups in total. The molecule has 18 nitrogen and oxygen atoms in total. The number of anilines is 1. The number of amides is 1. The lowest BCUT2D eigenvalue weighted by Gasteiger charge is -2.44. The highest BCUT2D eigenvalue weighted by atomic mass is 32.2. The van der Waals surface area contributed by atoms with Crippen LogP contribution in [-0.4, -0.2) is 124 Å². The van der Waals surface area contributed by atoms with Crippen molar-refractivity contribution in [2.45, 2.75) is 94.2 Å². The van der Waals surface area contributed by atoms with Crippen LogP contribution in [0.4, 0.5) is 11.4 Å². The molecule has 4 heterocycles. The van der Waals surface area contributed by atoms with Gasteiger partial charge in [-0.2, -0.15) is 29.8 Å². The van der Waals surface area contributed by atoms with Gasteiger partial charge in [0, 0.05) is 85.5 Å². The van der Waals surface area contributed by atoms with E-state index in [0.717, 1.165) is 40.6 Å². The summed E-state index contributed by atoms with van der Waals surface area (Å²) in [6.45, 7) is 6.85. The van der Waals surface area contributed by atoms with Crippen molar-refractivity contribution in [2.75, 3.05) is 50.3 Å². The number of carbonyl (C=O) groups is 2. The first-order chi connectivity index (χ1) is 33.4. The molecule has 4 aliphatic heterocycles. The second-order valence-corrected chi connectivity index (χ2v) is 23.4. The van der Waals surface area contributed by atoms with Crippen LogP contribution in [0.25, 0.3) is 16.9 Å². The van der Waals surface area contributed by atoms with Gasteiger partial charge in [0.05, 0.1) is 41.1 Å². The number of aliphatic hydroxyl groups is 1. The van der Waals surface area contributed by atoms with Gasteiger partial charge in [-0.3, -0.25) is 18.1 Å². The smallest absolute Gasteiger partial charge is 0.332 e. The van der Waals surface area contributed by atoms with Crippen LogP contribution in [0.5, 0.6) is 5.75 Å². The summed E-state index contributed by atoms with van der Waals surface area (Å²) < 4.78 is 112. The largest absolute Gasteiger partial charge is 0.456 e. The molecule has 2 atom stereocenters. The number of ether oxygens (including phenoxy) is 2. The molecular weight excluding hydrogens is 979 g/mol. The van der Waals surface area contributed by atoms with Crippen molar-refractivity contribution in [1.29, 1.82) is 0 Å². The van der Waals surface area contributed by atoms with Crippen LogP contribution in [0.3, 0.4) is 0 Å². The Kier molecular flexibility index (Phi) is 16.0. The normalized spacial score (nSPS) is 20.5. The van der Waals surface area contributed by atoms with Gasteiger partial charge in [-0.25, -0.2) is 4.79 Å². The highest BCUT2D eigenvalue weighted by Crippen LogP contribution is 2.48. The third-order valence-electron chi connectivity index (χ3n) is 13.2. The molecule has 3 aromatic rings. The number of rotatable bonds is 21. The van der Waals surface area contributed by atoms with E-state index in [0.29, 0.717) is 59.5 Å². The van der Waals surface area contributed by atoms with Crippen molar-refractivity contribution in [3.63, 3.8) is 0 Å². The first kappa shape index (κ1) is 53.3. The summed E-state index contributed by atoms with van der Waals surface area (Å²) in [6.07, 6.45) is 9.46. The van der Waals surface area contributed by atoms with E-state index in [1.807, 2.05) is 78.3 Å². The fraction of sp³-hybridized carbons (Fsp3) is 0.420. The predicted molar refractivity (Wildman–Crippen MR) is 266 cm³/mol. The summed E-state index contributed by atoms with van der Waals surface area (Å²) in [6, 6.07) is 17.6. The lowest BCUT2D eigenvalue weighted by Crippen LogP contribution is -2.46. The average Bonchev–Trinajstić information content (AvgIpc) is 3.74. The number of nitrogens with zero attached hydrogens (tertiary/aromatic N) is 3. The Morgan fingerprint density at radius 3 is 2.35 bits per heavy atom. The molecule has 0 aliphatic carbocycles. The van der Waals surface area contributed by atoms with Gasteiger partial charge < -0.3 is 24.3 Å². The van der Waals surface area contributed by atoms with Crippen LogP contribution in [0.2, 0.25) is 0 Å². The number of hydroxylamine groups is 2. The van der Waals surface area contributed by atoms with Gasteiger partial charge in [0.2, 0.25) is 5.69 Å². The minimum Gasteiger partial charge on any atom is -0.456 e. The maximum absolute atomic E-state index is 13.0. The summed E-state index contributed by atoms with van der Waals surface area (Å²) in [5, 5.41) is 10.8. The topological polar surface area (TPSA) is 244 Å². The number of hydrogen-bond donors (Lipinski definition) is 3. The predicted octanol–water partition coefficient (Wildman–Crippen LogP) is 6.59. The molecule has 382 valence electrons. The van der Waals surface area contributed by atoms with E-state index in [1.54, 1.807) is 7.11 Å². The second-order valence-electron chi connectivity index (χ2n) is 18.5. The fourth-order valence-corrected chi connectivity index (χ4v) is 11.3. The third kappa shape index (κ3) is 12.2. The van der Waals surface area contributed by atoms with E-state index in [-0.39, 0.29) is 55.7 Å². The molecule has 0 saturated carbocycles. The number of hydrogen-bond acceptors (Lipinski definition) is 14. The number of carbonyl (C=O) groups excluding carboxylic acids is 2. The summed E-state index contributed by atoms with van der Waals surface area (Å²) in [5.41, 5.74) is 4.95. The molecule has 1 saturated heterocycles. The van der Waals surface area contributed by atoms with E-state index in [1.165, 1.54) is 18.2 Å². The van der Waals surface area contributed by atoms with Crippen molar-refractivity contribution < 1.29 is 72.1 Å². The lowest BCUT2D eigenvalue weighted by molar-refractivity contribution is -0.437. The van der Waals surface area contributed by atoms with Crippen molar-refractivity contribution in [1.82, 2.24) is 5.06 Å². The zero-order valence-corrected chi connectivity index (χ0v) is 42.7. The first-order valence-electron chi connectivity index (χ1n) is 23.2. The molecular formula is C50H60N3O15S3+. The number of benzene rings is 3. The monoisotopic (exact) mass is 1040 g/mol. The van der Waals surface area contributed by atoms with Crippen LogP contribution in [0, 0.1) is 0 Å². The van der Waals surface area contributed by atoms with Gasteiger partial charge in [0.1, 0.15) is 18.1 Å². The van der Waals surface area contributed by atoms with Crippen LogP contribution in [0.1, 0.15) is 94.4 Å². The summed E-state index contributed by atoms with van der Waals surface area (Å²) >= 11 is 0. The van der Waals surface area contributed by atoms with Gasteiger partial charge in [0.15, 0.2) is 11.9 Å². The minimum absolute atomic E-state index is 0.0206.